The minimum atomic E-state index is -0.478. The van der Waals surface area contributed by atoms with Gasteiger partial charge in [0.05, 0.1) is 17.6 Å². The van der Waals surface area contributed by atoms with Crippen LogP contribution in [-0.2, 0) is 4.79 Å². The zero-order valence-electron chi connectivity index (χ0n) is 16.6. The minimum absolute atomic E-state index is 0. The van der Waals surface area contributed by atoms with Crippen LogP contribution in [0.5, 0.6) is 5.75 Å². The molecule has 1 saturated heterocycles. The molecule has 6 nitrogen and oxygen atoms in total. The summed E-state index contributed by atoms with van der Waals surface area (Å²) in [5.41, 5.74) is 6.01. The van der Waals surface area contributed by atoms with Crippen LogP contribution in [0.15, 0.2) is 24.3 Å². The number of nitrogens with two attached hydrogens (primary N) is 1. The van der Waals surface area contributed by atoms with Crippen molar-refractivity contribution in [2.24, 2.45) is 11.1 Å². The molecule has 1 aliphatic rings. The number of hydrogen-bond donors (Lipinski definition) is 1. The van der Waals surface area contributed by atoms with Crippen LogP contribution in [0, 0.1) is 5.41 Å². The van der Waals surface area contributed by atoms with E-state index in [4.69, 9.17) is 10.5 Å². The van der Waals surface area contributed by atoms with E-state index in [0.717, 1.165) is 12.8 Å². The number of ether oxygens (including phenoxy) is 1. The maximum absolute atomic E-state index is 12.9. The lowest BCUT2D eigenvalue weighted by atomic mass is 9.81. The molecule has 1 aromatic rings. The highest BCUT2D eigenvalue weighted by Crippen LogP contribution is 2.28. The van der Waals surface area contributed by atoms with Gasteiger partial charge in [-0.25, -0.2) is 0 Å². The molecule has 1 aromatic carbocycles. The number of nitrogens with zero attached hydrogens (tertiary/aromatic N) is 2. The third kappa shape index (κ3) is 4.93. The van der Waals surface area contributed by atoms with E-state index in [1.807, 2.05) is 43.9 Å². The van der Waals surface area contributed by atoms with Gasteiger partial charge in [0.15, 0.2) is 0 Å². The number of carbonyl (C=O) groups is 2. The van der Waals surface area contributed by atoms with E-state index < -0.39 is 5.41 Å². The molecule has 0 aliphatic carbocycles. The maximum atomic E-state index is 12.9. The van der Waals surface area contributed by atoms with Crippen LogP contribution in [0.2, 0.25) is 0 Å². The van der Waals surface area contributed by atoms with E-state index >= 15 is 0 Å². The van der Waals surface area contributed by atoms with Gasteiger partial charge in [0, 0.05) is 32.7 Å². The Morgan fingerprint density at radius 3 is 2.11 bits per heavy atom. The standard InChI is InChI=1S/C20H31N3O3.ClH/c1-4-20(5-2,15-21)19(25)23-13-11-22(12-14-23)18(24)16-9-7-8-10-17(16)26-6-3;/h7-10H,4-6,11-15,21H2,1-3H3;1H. The van der Waals surface area contributed by atoms with Crippen molar-refractivity contribution >= 4 is 24.2 Å². The Balaban J connectivity index is 0.00000364. The maximum Gasteiger partial charge on any atom is 0.257 e. The van der Waals surface area contributed by atoms with Gasteiger partial charge in [-0.1, -0.05) is 26.0 Å². The van der Waals surface area contributed by atoms with Crippen LogP contribution in [-0.4, -0.2) is 60.9 Å². The highest BCUT2D eigenvalue weighted by Gasteiger charge is 2.38. The zero-order valence-corrected chi connectivity index (χ0v) is 17.4. The van der Waals surface area contributed by atoms with Gasteiger partial charge in [-0.2, -0.15) is 0 Å². The van der Waals surface area contributed by atoms with Crippen molar-refractivity contribution in [3.63, 3.8) is 0 Å². The SMILES string of the molecule is CCOc1ccccc1C(=O)N1CCN(C(=O)C(CC)(CC)CN)CC1.Cl. The summed E-state index contributed by atoms with van der Waals surface area (Å²) in [5.74, 6) is 0.682. The normalized spacial score (nSPS) is 14.5. The predicted molar refractivity (Wildman–Crippen MR) is 109 cm³/mol. The summed E-state index contributed by atoms with van der Waals surface area (Å²) in [6.07, 6.45) is 1.47. The van der Waals surface area contributed by atoms with Crippen LogP contribution in [0.3, 0.4) is 0 Å². The molecule has 7 heteroatoms. The first-order valence-electron chi connectivity index (χ1n) is 9.53. The zero-order chi connectivity index (χ0) is 19.2. The topological polar surface area (TPSA) is 75.9 Å². The second-order valence-electron chi connectivity index (χ2n) is 6.71. The lowest BCUT2D eigenvalue weighted by Crippen LogP contribution is -2.55. The Hall–Kier alpha value is -1.79. The highest BCUT2D eigenvalue weighted by molar-refractivity contribution is 5.97. The van der Waals surface area contributed by atoms with Gasteiger partial charge in [0.25, 0.3) is 5.91 Å². The second kappa shape index (κ2) is 10.5. The van der Waals surface area contributed by atoms with Crippen molar-refractivity contribution in [1.29, 1.82) is 0 Å². The average molecular weight is 398 g/mol. The van der Waals surface area contributed by atoms with Gasteiger partial charge < -0.3 is 20.3 Å². The van der Waals surface area contributed by atoms with Crippen LogP contribution in [0.1, 0.15) is 44.0 Å². The Kier molecular flexibility index (Phi) is 9.06. The summed E-state index contributed by atoms with van der Waals surface area (Å²) in [6.45, 7) is 8.94. The van der Waals surface area contributed by atoms with E-state index in [0.29, 0.717) is 50.6 Å². The summed E-state index contributed by atoms with van der Waals surface area (Å²) < 4.78 is 5.57. The van der Waals surface area contributed by atoms with Gasteiger partial charge in [-0.3, -0.25) is 9.59 Å². The van der Waals surface area contributed by atoms with E-state index in [2.05, 4.69) is 0 Å². The van der Waals surface area contributed by atoms with Crippen molar-refractivity contribution in [3.8, 4) is 5.75 Å². The molecule has 0 aromatic heterocycles. The predicted octanol–water partition coefficient (Wildman–Crippen LogP) is 2.56. The molecule has 152 valence electrons. The molecular formula is C20H32ClN3O3. The fourth-order valence-electron chi connectivity index (χ4n) is 3.47. The van der Waals surface area contributed by atoms with Gasteiger partial charge in [-0.15, -0.1) is 12.4 Å². The number of piperazine rings is 1. The van der Waals surface area contributed by atoms with Gasteiger partial charge >= 0.3 is 0 Å². The molecule has 2 amide bonds. The number of hydrogen-bond acceptors (Lipinski definition) is 4. The lowest BCUT2D eigenvalue weighted by molar-refractivity contribution is -0.143. The van der Waals surface area contributed by atoms with E-state index in [9.17, 15) is 9.59 Å². The number of carbonyl (C=O) groups excluding carboxylic acids is 2. The number of benzene rings is 1. The van der Waals surface area contributed by atoms with Crippen molar-refractivity contribution in [3.05, 3.63) is 29.8 Å². The van der Waals surface area contributed by atoms with Crippen LogP contribution in [0.25, 0.3) is 0 Å². The molecule has 0 bridgehead atoms. The van der Waals surface area contributed by atoms with E-state index in [1.165, 1.54) is 0 Å². The summed E-state index contributed by atoms with van der Waals surface area (Å²) in [7, 11) is 0. The molecule has 1 aliphatic heterocycles. The molecule has 0 unspecified atom stereocenters. The third-order valence-electron chi connectivity index (χ3n) is 5.47. The largest absolute Gasteiger partial charge is 0.493 e. The lowest BCUT2D eigenvalue weighted by Gasteiger charge is -2.40. The number of para-hydroxylation sites is 1. The molecule has 27 heavy (non-hydrogen) atoms. The van der Waals surface area contributed by atoms with Gasteiger partial charge in [-0.05, 0) is 31.9 Å². The summed E-state index contributed by atoms with van der Waals surface area (Å²) in [6, 6.07) is 7.31. The number of amides is 2. The Morgan fingerprint density at radius 1 is 1.04 bits per heavy atom. The average Bonchev–Trinajstić information content (AvgIpc) is 2.70. The molecule has 2 N–H and O–H groups in total. The Labute approximate surface area is 168 Å². The first-order valence-corrected chi connectivity index (χ1v) is 9.53. The van der Waals surface area contributed by atoms with E-state index in [-0.39, 0.29) is 24.2 Å². The van der Waals surface area contributed by atoms with Crippen molar-refractivity contribution in [2.45, 2.75) is 33.6 Å². The fourth-order valence-corrected chi connectivity index (χ4v) is 3.47. The number of rotatable bonds is 7. The molecule has 1 fully saturated rings. The smallest absolute Gasteiger partial charge is 0.257 e. The molecular weight excluding hydrogens is 366 g/mol. The molecule has 0 atom stereocenters. The highest BCUT2D eigenvalue weighted by atomic mass is 35.5. The summed E-state index contributed by atoms with van der Waals surface area (Å²) in [5, 5.41) is 0. The van der Waals surface area contributed by atoms with Crippen LogP contribution < -0.4 is 10.5 Å². The first kappa shape index (κ1) is 23.2. The number of halogens is 1. The molecule has 2 rings (SSSR count). The first-order chi connectivity index (χ1) is 12.5. The fraction of sp³-hybridized carbons (Fsp3) is 0.600. The summed E-state index contributed by atoms with van der Waals surface area (Å²) >= 11 is 0. The van der Waals surface area contributed by atoms with Crippen LogP contribution in [0.4, 0.5) is 0 Å². The second-order valence-corrected chi connectivity index (χ2v) is 6.71. The quantitative estimate of drug-likeness (QED) is 0.767. The Morgan fingerprint density at radius 2 is 1.59 bits per heavy atom. The van der Waals surface area contributed by atoms with E-state index in [1.54, 1.807) is 11.0 Å². The van der Waals surface area contributed by atoms with Crippen LogP contribution >= 0.6 is 12.4 Å². The molecule has 0 saturated carbocycles. The van der Waals surface area contributed by atoms with Crippen molar-refractivity contribution < 1.29 is 14.3 Å². The van der Waals surface area contributed by atoms with Gasteiger partial charge in [0.2, 0.25) is 5.91 Å². The Bertz CT molecular complexity index is 618. The molecule has 1 heterocycles. The molecule has 0 radical (unpaired) electrons. The van der Waals surface area contributed by atoms with Crippen molar-refractivity contribution in [2.75, 3.05) is 39.3 Å². The summed E-state index contributed by atoms with van der Waals surface area (Å²) in [4.78, 5) is 29.4. The molecule has 0 spiro atoms. The minimum Gasteiger partial charge on any atom is -0.493 e. The van der Waals surface area contributed by atoms with Gasteiger partial charge in [0.1, 0.15) is 5.75 Å². The third-order valence-corrected chi connectivity index (χ3v) is 5.47. The van der Waals surface area contributed by atoms with Crippen molar-refractivity contribution in [1.82, 2.24) is 9.80 Å². The monoisotopic (exact) mass is 397 g/mol.